The number of hydrogen-bond donors (Lipinski definition) is 0. The SMILES string of the molecule is C=C(C)/C=N\C(=N/C)[C@@H](OC)[C@H](C)S(=O)(=O)c1nc2ccccc2s1. The zero-order valence-electron chi connectivity index (χ0n) is 14.6. The van der Waals surface area contributed by atoms with Gasteiger partial charge in [0, 0.05) is 20.4 Å². The van der Waals surface area contributed by atoms with Gasteiger partial charge in [0.15, 0.2) is 5.84 Å². The first-order chi connectivity index (χ1) is 11.8. The van der Waals surface area contributed by atoms with Crippen LogP contribution in [0.25, 0.3) is 10.2 Å². The Morgan fingerprint density at radius 2 is 2.08 bits per heavy atom. The van der Waals surface area contributed by atoms with E-state index in [0.717, 1.165) is 21.6 Å². The standard InChI is InChI=1S/C17H21N3O3S2/c1-11(2)10-19-16(18-4)15(23-5)12(3)25(21,22)17-20-13-8-6-7-9-14(13)24-17/h6-10,12,15H,1H2,2-5H3/b18-16-,19-10-/t12-,15-/m0/s1. The Bertz CT molecular complexity index is 897. The molecule has 8 heteroatoms. The fourth-order valence-corrected chi connectivity index (χ4v) is 5.22. The number of benzene rings is 1. The molecule has 2 rings (SSSR count). The normalized spacial score (nSPS) is 15.6. The minimum absolute atomic E-state index is 0.0718. The van der Waals surface area contributed by atoms with Gasteiger partial charge in [0.25, 0.3) is 0 Å². The topological polar surface area (TPSA) is 81.0 Å². The molecule has 0 amide bonds. The van der Waals surface area contributed by atoms with Crippen molar-refractivity contribution in [3.05, 3.63) is 36.4 Å². The maximum absolute atomic E-state index is 13.0. The first-order valence-corrected chi connectivity index (χ1v) is 9.96. The van der Waals surface area contributed by atoms with Gasteiger partial charge in [0.2, 0.25) is 14.2 Å². The van der Waals surface area contributed by atoms with Crippen LogP contribution in [0.2, 0.25) is 0 Å². The lowest BCUT2D eigenvalue weighted by atomic mass is 10.2. The predicted molar refractivity (Wildman–Crippen MR) is 104 cm³/mol. The summed E-state index contributed by atoms with van der Waals surface area (Å²) in [6.45, 7) is 7.11. The molecule has 2 atom stereocenters. The summed E-state index contributed by atoms with van der Waals surface area (Å²) < 4.78 is 32.3. The second-order valence-electron chi connectivity index (χ2n) is 5.54. The zero-order valence-corrected chi connectivity index (χ0v) is 16.3. The van der Waals surface area contributed by atoms with E-state index in [0.29, 0.717) is 11.4 Å². The van der Waals surface area contributed by atoms with E-state index < -0.39 is 21.2 Å². The Hall–Kier alpha value is -1.90. The second-order valence-corrected chi connectivity index (χ2v) is 9.05. The number of aromatic nitrogens is 1. The Morgan fingerprint density at radius 1 is 1.40 bits per heavy atom. The van der Waals surface area contributed by atoms with Gasteiger partial charge < -0.3 is 4.74 Å². The van der Waals surface area contributed by atoms with E-state index in [1.807, 2.05) is 18.2 Å². The van der Waals surface area contributed by atoms with E-state index >= 15 is 0 Å². The van der Waals surface area contributed by atoms with Crippen molar-refractivity contribution in [3.63, 3.8) is 0 Å². The van der Waals surface area contributed by atoms with Crippen LogP contribution in [0.3, 0.4) is 0 Å². The summed E-state index contributed by atoms with van der Waals surface area (Å²) in [6.07, 6.45) is 0.725. The largest absolute Gasteiger partial charge is 0.372 e. The van der Waals surface area contributed by atoms with E-state index in [1.54, 1.807) is 27.0 Å². The molecule has 0 unspecified atom stereocenters. The number of allylic oxidation sites excluding steroid dienone is 1. The first-order valence-electron chi connectivity index (χ1n) is 7.59. The fourth-order valence-electron chi connectivity index (χ4n) is 2.24. The highest BCUT2D eigenvalue weighted by molar-refractivity contribution is 7.94. The average Bonchev–Trinajstić information content (AvgIpc) is 3.02. The van der Waals surface area contributed by atoms with Crippen molar-refractivity contribution in [1.29, 1.82) is 0 Å². The molecular formula is C17H21N3O3S2. The molecule has 1 aromatic heterocycles. The molecular weight excluding hydrogens is 358 g/mol. The van der Waals surface area contributed by atoms with Crippen LogP contribution in [-0.2, 0) is 14.6 Å². The molecule has 25 heavy (non-hydrogen) atoms. The summed E-state index contributed by atoms with van der Waals surface area (Å²) in [5, 5.41) is -0.890. The highest BCUT2D eigenvalue weighted by Gasteiger charge is 2.36. The number of methoxy groups -OCH3 is 1. The third-order valence-electron chi connectivity index (χ3n) is 3.59. The first kappa shape index (κ1) is 19.4. The summed E-state index contributed by atoms with van der Waals surface area (Å²) in [7, 11) is -0.710. The van der Waals surface area contributed by atoms with Crippen molar-refractivity contribution in [1.82, 2.24) is 4.98 Å². The molecule has 0 saturated heterocycles. The van der Waals surface area contributed by atoms with E-state index in [9.17, 15) is 8.42 Å². The number of nitrogens with zero attached hydrogens (tertiary/aromatic N) is 3. The van der Waals surface area contributed by atoms with Crippen LogP contribution in [0, 0.1) is 0 Å². The third kappa shape index (κ3) is 4.20. The van der Waals surface area contributed by atoms with Crippen molar-refractivity contribution in [2.75, 3.05) is 14.2 Å². The summed E-state index contributed by atoms with van der Waals surface area (Å²) in [6, 6.07) is 7.32. The number of thiazole rings is 1. The smallest absolute Gasteiger partial charge is 0.210 e. The lowest BCUT2D eigenvalue weighted by molar-refractivity contribution is 0.153. The number of fused-ring (bicyclic) bond motifs is 1. The van der Waals surface area contributed by atoms with Crippen molar-refractivity contribution < 1.29 is 13.2 Å². The van der Waals surface area contributed by atoms with Crippen molar-refractivity contribution in [2.24, 2.45) is 9.98 Å². The molecule has 0 aliphatic carbocycles. The van der Waals surface area contributed by atoms with Gasteiger partial charge in [-0.15, -0.1) is 11.3 Å². The molecule has 0 radical (unpaired) electrons. The molecule has 0 aliphatic heterocycles. The molecule has 134 valence electrons. The van der Waals surface area contributed by atoms with Crippen LogP contribution in [0.1, 0.15) is 13.8 Å². The zero-order chi connectivity index (χ0) is 18.6. The highest BCUT2D eigenvalue weighted by atomic mass is 32.2. The molecule has 1 heterocycles. The molecule has 0 bridgehead atoms. The number of hydrogen-bond acceptors (Lipinski definition) is 6. The van der Waals surface area contributed by atoms with Gasteiger partial charge >= 0.3 is 0 Å². The Balaban J connectivity index is 2.40. The number of sulfone groups is 1. The van der Waals surface area contributed by atoms with Crippen LogP contribution in [0.4, 0.5) is 0 Å². The van der Waals surface area contributed by atoms with Gasteiger partial charge in [0.05, 0.1) is 15.5 Å². The van der Waals surface area contributed by atoms with Crippen molar-refractivity contribution >= 4 is 43.4 Å². The van der Waals surface area contributed by atoms with Gasteiger partial charge in [-0.25, -0.2) is 18.4 Å². The summed E-state index contributed by atoms with van der Waals surface area (Å²) in [5.41, 5.74) is 1.40. The molecule has 1 aromatic carbocycles. The number of amidine groups is 1. The molecule has 6 nitrogen and oxygen atoms in total. The van der Waals surface area contributed by atoms with Gasteiger partial charge in [-0.1, -0.05) is 18.7 Å². The monoisotopic (exact) mass is 379 g/mol. The van der Waals surface area contributed by atoms with Crippen LogP contribution in [0.5, 0.6) is 0 Å². The van der Waals surface area contributed by atoms with E-state index in [1.165, 1.54) is 13.3 Å². The number of ether oxygens (including phenoxy) is 1. The summed E-state index contributed by atoms with van der Waals surface area (Å²) in [5.74, 6) is 0.294. The van der Waals surface area contributed by atoms with E-state index in [2.05, 4.69) is 21.5 Å². The van der Waals surface area contributed by atoms with Gasteiger partial charge in [-0.2, -0.15) is 0 Å². The average molecular weight is 380 g/mol. The fraction of sp³-hybridized carbons (Fsp3) is 0.353. The molecule has 2 aromatic rings. The molecule has 0 N–H and O–H groups in total. The molecule has 0 aliphatic rings. The van der Waals surface area contributed by atoms with E-state index in [-0.39, 0.29) is 4.34 Å². The Kier molecular flexibility index (Phi) is 6.21. The minimum atomic E-state index is -3.70. The number of rotatable bonds is 6. The highest BCUT2D eigenvalue weighted by Crippen LogP contribution is 2.29. The maximum atomic E-state index is 13.0. The van der Waals surface area contributed by atoms with Crippen LogP contribution in [0.15, 0.2) is 50.7 Å². The van der Waals surface area contributed by atoms with E-state index in [4.69, 9.17) is 4.74 Å². The van der Waals surface area contributed by atoms with Gasteiger partial charge in [0.1, 0.15) is 6.10 Å². The second kappa shape index (κ2) is 7.99. The molecule has 0 fully saturated rings. The summed E-state index contributed by atoms with van der Waals surface area (Å²) in [4.78, 5) is 12.5. The molecule has 0 saturated carbocycles. The number of aliphatic imine (C=N–C) groups is 2. The van der Waals surface area contributed by atoms with Gasteiger partial charge in [-0.3, -0.25) is 4.99 Å². The van der Waals surface area contributed by atoms with Gasteiger partial charge in [-0.05, 0) is 31.6 Å². The van der Waals surface area contributed by atoms with Crippen molar-refractivity contribution in [3.8, 4) is 0 Å². The third-order valence-corrected chi connectivity index (χ3v) is 7.17. The lowest BCUT2D eigenvalue weighted by Gasteiger charge is -2.21. The van der Waals surface area contributed by atoms with Crippen LogP contribution in [-0.4, -0.2) is 51.0 Å². The minimum Gasteiger partial charge on any atom is -0.372 e. The maximum Gasteiger partial charge on any atom is 0.210 e. The molecule has 0 spiro atoms. The summed E-state index contributed by atoms with van der Waals surface area (Å²) >= 11 is 1.15. The van der Waals surface area contributed by atoms with Crippen LogP contribution < -0.4 is 0 Å². The van der Waals surface area contributed by atoms with Crippen molar-refractivity contribution in [2.45, 2.75) is 29.5 Å². The predicted octanol–water partition coefficient (Wildman–Crippen LogP) is 3.15. The number of para-hydroxylation sites is 1. The quantitative estimate of drug-likeness (QED) is 0.570. The lowest BCUT2D eigenvalue weighted by Crippen LogP contribution is -2.38. The van der Waals surface area contributed by atoms with Crippen LogP contribution >= 0.6 is 11.3 Å². The Morgan fingerprint density at radius 3 is 2.64 bits per heavy atom. The Labute approximate surface area is 151 Å².